The van der Waals surface area contributed by atoms with E-state index in [0.717, 1.165) is 0 Å². The minimum absolute atomic E-state index is 0.0892. The number of aromatic nitrogens is 3. The Hall–Kier alpha value is -1.64. The number of alkyl halides is 3. The van der Waals surface area contributed by atoms with E-state index in [-0.39, 0.29) is 11.7 Å². The van der Waals surface area contributed by atoms with E-state index in [4.69, 9.17) is 4.52 Å². The third kappa shape index (κ3) is 2.93. The van der Waals surface area contributed by atoms with Crippen molar-refractivity contribution in [2.24, 2.45) is 0 Å². The molecule has 0 saturated carbocycles. The summed E-state index contributed by atoms with van der Waals surface area (Å²) in [6, 6.07) is 1.68. The molecule has 2 aromatic heterocycles. The highest BCUT2D eigenvalue weighted by atomic mass is 32.1. The molecule has 2 rings (SSSR count). The summed E-state index contributed by atoms with van der Waals surface area (Å²) in [6.45, 7) is 1.97. The number of nitrogens with zero attached hydrogens (tertiary/aromatic N) is 3. The Kier molecular flexibility index (Phi) is 3.01. The first-order valence-electron chi connectivity index (χ1n) is 4.52. The van der Waals surface area contributed by atoms with Crippen LogP contribution in [0.1, 0.15) is 16.5 Å². The first-order valence-corrected chi connectivity index (χ1v) is 5.33. The molecule has 0 aliphatic carbocycles. The molecule has 0 unspecified atom stereocenters. The van der Waals surface area contributed by atoms with Gasteiger partial charge in [0.2, 0.25) is 10.1 Å². The quantitative estimate of drug-likeness (QED) is 0.922. The first-order chi connectivity index (χ1) is 7.95. The lowest BCUT2D eigenvalue weighted by molar-refractivity contribution is -0.138. The highest BCUT2D eigenvalue weighted by Gasteiger charge is 2.35. The second kappa shape index (κ2) is 4.32. The molecule has 0 amide bonds. The average molecular weight is 264 g/mol. The number of nitrogens with one attached hydrogen (secondary N) is 1. The molecular weight excluding hydrogens is 257 g/mol. The lowest BCUT2D eigenvalue weighted by atomic mass is 10.4. The first kappa shape index (κ1) is 11.8. The van der Waals surface area contributed by atoms with Crippen LogP contribution in [0.3, 0.4) is 0 Å². The molecule has 0 aliphatic heterocycles. The van der Waals surface area contributed by atoms with Crippen LogP contribution in [0.5, 0.6) is 0 Å². The fraction of sp³-hybridized carbons (Fsp3) is 0.375. The summed E-state index contributed by atoms with van der Waals surface area (Å²) in [4.78, 5) is 0. The molecule has 0 radical (unpaired) electrons. The summed E-state index contributed by atoms with van der Waals surface area (Å²) in [5.74, 6) is 0.520. The average Bonchev–Trinajstić information content (AvgIpc) is 2.82. The number of rotatable bonds is 3. The molecule has 0 aromatic carbocycles. The lowest BCUT2D eigenvalue weighted by Gasteiger charge is -1.98. The van der Waals surface area contributed by atoms with E-state index in [1.54, 1.807) is 13.0 Å². The molecule has 0 atom stereocenters. The zero-order valence-electron chi connectivity index (χ0n) is 8.58. The molecule has 2 aromatic rings. The van der Waals surface area contributed by atoms with Gasteiger partial charge >= 0.3 is 6.18 Å². The van der Waals surface area contributed by atoms with Crippen LogP contribution in [0.2, 0.25) is 0 Å². The number of anilines is 1. The van der Waals surface area contributed by atoms with E-state index < -0.39 is 11.2 Å². The lowest BCUT2D eigenvalue weighted by Crippen LogP contribution is -2.03. The standard InChI is InChI=1S/C8H7F3N4OS/c1-4-2-5(16-15-4)3-12-7-14-13-6(17-7)8(9,10)11/h2H,3H2,1H3,(H,12,14). The Labute approximate surface area is 97.6 Å². The zero-order valence-corrected chi connectivity index (χ0v) is 9.39. The van der Waals surface area contributed by atoms with Crippen LogP contribution >= 0.6 is 11.3 Å². The predicted molar refractivity (Wildman–Crippen MR) is 53.5 cm³/mol. The van der Waals surface area contributed by atoms with Crippen molar-refractivity contribution in [2.45, 2.75) is 19.6 Å². The van der Waals surface area contributed by atoms with E-state index in [9.17, 15) is 13.2 Å². The Morgan fingerprint density at radius 1 is 1.41 bits per heavy atom. The largest absolute Gasteiger partial charge is 0.445 e. The maximum atomic E-state index is 12.2. The number of halogens is 3. The zero-order chi connectivity index (χ0) is 12.5. The fourth-order valence-corrected chi connectivity index (χ4v) is 1.68. The predicted octanol–water partition coefficient (Wildman–Crippen LogP) is 2.47. The molecule has 92 valence electrons. The molecule has 2 heterocycles. The van der Waals surface area contributed by atoms with Gasteiger partial charge in [0, 0.05) is 6.07 Å². The highest BCUT2D eigenvalue weighted by molar-refractivity contribution is 7.15. The van der Waals surface area contributed by atoms with Crippen molar-refractivity contribution in [2.75, 3.05) is 5.32 Å². The maximum Gasteiger partial charge on any atom is 0.445 e. The van der Waals surface area contributed by atoms with E-state index in [1.165, 1.54) is 0 Å². The molecule has 17 heavy (non-hydrogen) atoms. The minimum atomic E-state index is -4.46. The van der Waals surface area contributed by atoms with Crippen molar-refractivity contribution in [3.05, 3.63) is 22.5 Å². The van der Waals surface area contributed by atoms with Gasteiger partial charge in [-0.2, -0.15) is 13.2 Å². The van der Waals surface area contributed by atoms with Crippen LogP contribution in [0.4, 0.5) is 18.3 Å². The summed E-state index contributed by atoms with van der Waals surface area (Å²) in [5.41, 5.74) is 0.704. The monoisotopic (exact) mass is 264 g/mol. The molecule has 9 heteroatoms. The van der Waals surface area contributed by atoms with Gasteiger partial charge in [0.15, 0.2) is 5.76 Å². The summed E-state index contributed by atoms with van der Waals surface area (Å²) in [5, 5.41) is 11.9. The van der Waals surface area contributed by atoms with Crippen molar-refractivity contribution in [1.82, 2.24) is 15.4 Å². The van der Waals surface area contributed by atoms with Gasteiger partial charge in [-0.05, 0) is 6.92 Å². The van der Waals surface area contributed by atoms with Crippen LogP contribution in [-0.4, -0.2) is 15.4 Å². The van der Waals surface area contributed by atoms with Crippen LogP contribution in [0.25, 0.3) is 0 Å². The van der Waals surface area contributed by atoms with Gasteiger partial charge in [0.1, 0.15) is 0 Å². The van der Waals surface area contributed by atoms with Crippen LogP contribution < -0.4 is 5.32 Å². The van der Waals surface area contributed by atoms with Gasteiger partial charge in [-0.25, -0.2) is 0 Å². The minimum Gasteiger partial charge on any atom is -0.359 e. The second-order valence-corrected chi connectivity index (χ2v) is 4.18. The molecule has 5 nitrogen and oxygen atoms in total. The van der Waals surface area contributed by atoms with Gasteiger partial charge in [-0.3, -0.25) is 0 Å². The summed E-state index contributed by atoms with van der Waals surface area (Å²) >= 11 is 0.445. The Morgan fingerprint density at radius 2 is 2.18 bits per heavy atom. The third-order valence-electron chi connectivity index (χ3n) is 1.76. The molecule has 0 saturated heterocycles. The molecule has 1 N–H and O–H groups in total. The van der Waals surface area contributed by atoms with Crippen LogP contribution in [0.15, 0.2) is 10.6 Å². The SMILES string of the molecule is Cc1cc(CNc2nnc(C(F)(F)F)s2)on1. The second-order valence-electron chi connectivity index (χ2n) is 3.20. The van der Waals surface area contributed by atoms with Crippen molar-refractivity contribution in [3.8, 4) is 0 Å². The number of hydrogen-bond acceptors (Lipinski definition) is 6. The summed E-state index contributed by atoms with van der Waals surface area (Å²) in [6.07, 6.45) is -4.46. The van der Waals surface area contributed by atoms with Gasteiger partial charge in [-0.1, -0.05) is 16.5 Å². The Bertz CT molecular complexity index is 507. The summed E-state index contributed by atoms with van der Waals surface area (Å²) in [7, 11) is 0. The fourth-order valence-electron chi connectivity index (χ4n) is 1.07. The topological polar surface area (TPSA) is 63.8 Å². The smallest absolute Gasteiger partial charge is 0.359 e. The summed E-state index contributed by atoms with van der Waals surface area (Å²) < 4.78 is 41.5. The molecule has 0 bridgehead atoms. The molecule has 0 spiro atoms. The van der Waals surface area contributed by atoms with Crippen molar-refractivity contribution in [3.63, 3.8) is 0 Å². The van der Waals surface area contributed by atoms with Gasteiger partial charge in [0.25, 0.3) is 0 Å². The van der Waals surface area contributed by atoms with Crippen molar-refractivity contribution >= 4 is 16.5 Å². The van der Waals surface area contributed by atoms with Gasteiger partial charge < -0.3 is 9.84 Å². The van der Waals surface area contributed by atoms with Crippen LogP contribution in [-0.2, 0) is 12.7 Å². The Morgan fingerprint density at radius 3 is 2.71 bits per heavy atom. The molecule has 0 aliphatic rings. The van der Waals surface area contributed by atoms with E-state index >= 15 is 0 Å². The van der Waals surface area contributed by atoms with E-state index in [1.807, 2.05) is 0 Å². The highest BCUT2D eigenvalue weighted by Crippen LogP contribution is 2.33. The Balaban J connectivity index is 1.98. The van der Waals surface area contributed by atoms with E-state index in [0.29, 0.717) is 22.8 Å². The number of hydrogen-bond donors (Lipinski definition) is 1. The van der Waals surface area contributed by atoms with Crippen molar-refractivity contribution < 1.29 is 17.7 Å². The number of aryl methyl sites for hydroxylation is 1. The van der Waals surface area contributed by atoms with E-state index in [2.05, 4.69) is 20.7 Å². The molecular formula is C8H7F3N4OS. The van der Waals surface area contributed by atoms with Crippen molar-refractivity contribution in [1.29, 1.82) is 0 Å². The van der Waals surface area contributed by atoms with Gasteiger partial charge in [-0.15, -0.1) is 10.2 Å². The van der Waals surface area contributed by atoms with Gasteiger partial charge in [0.05, 0.1) is 12.2 Å². The molecule has 0 fully saturated rings. The normalized spacial score (nSPS) is 11.8. The third-order valence-corrected chi connectivity index (χ3v) is 2.68. The maximum absolute atomic E-state index is 12.2. The van der Waals surface area contributed by atoms with Crippen LogP contribution in [0, 0.1) is 6.92 Å².